The Hall–Kier alpha value is -6.56. The van der Waals surface area contributed by atoms with E-state index in [-0.39, 0.29) is 0 Å². The molecule has 0 atom stereocenters. The summed E-state index contributed by atoms with van der Waals surface area (Å²) < 4.78 is 11.2. The van der Waals surface area contributed by atoms with Gasteiger partial charge < -0.3 is 4.42 Å². The molecule has 0 saturated heterocycles. The molecule has 4 heterocycles. The number of para-hydroxylation sites is 2. The van der Waals surface area contributed by atoms with Crippen LogP contribution < -0.4 is 0 Å². The fourth-order valence-electron chi connectivity index (χ4n) is 7.68. The minimum Gasteiger partial charge on any atom is -0.456 e. The predicted molar refractivity (Wildman–Crippen MR) is 213 cm³/mol. The molecule has 0 radical (unpaired) electrons. The van der Waals surface area contributed by atoms with E-state index in [9.17, 15) is 0 Å². The van der Waals surface area contributed by atoms with Crippen LogP contribution in [0, 0.1) is 0 Å². The van der Waals surface area contributed by atoms with E-state index >= 15 is 0 Å². The molecule has 0 unspecified atom stereocenters. The Kier molecular flexibility index (Phi) is 6.09. The average Bonchev–Trinajstić information content (AvgIpc) is 3.86. The number of thiophene rings is 1. The molecule has 0 spiro atoms. The number of hydrogen-bond donors (Lipinski definition) is 0. The highest BCUT2D eigenvalue weighted by atomic mass is 32.1. The first-order valence-electron chi connectivity index (χ1n) is 17.1. The van der Waals surface area contributed by atoms with Crippen molar-refractivity contribution in [1.82, 2.24) is 14.5 Å². The highest BCUT2D eigenvalue weighted by Gasteiger charge is 2.20. The van der Waals surface area contributed by atoms with Crippen LogP contribution in [0.25, 0.3) is 104 Å². The maximum absolute atomic E-state index is 6.31. The molecular weight excluding hydrogens is 643 g/mol. The normalized spacial score (nSPS) is 11.9. The van der Waals surface area contributed by atoms with E-state index in [1.165, 1.54) is 36.5 Å². The van der Waals surface area contributed by atoms with E-state index in [0.717, 1.165) is 61.2 Å². The fourth-order valence-corrected chi connectivity index (χ4v) is 8.80. The summed E-state index contributed by atoms with van der Waals surface area (Å²) in [5, 5.41) is 7.01. The number of nitrogens with zero attached hydrogens (tertiary/aromatic N) is 3. The van der Waals surface area contributed by atoms with E-state index in [1.807, 2.05) is 41.7 Å². The van der Waals surface area contributed by atoms with Gasteiger partial charge in [0.05, 0.1) is 16.7 Å². The summed E-state index contributed by atoms with van der Waals surface area (Å²) in [6.45, 7) is 0. The van der Waals surface area contributed by atoms with E-state index in [4.69, 9.17) is 14.4 Å². The average molecular weight is 670 g/mol. The Balaban J connectivity index is 1.21. The molecule has 5 heteroatoms. The third kappa shape index (κ3) is 4.38. The van der Waals surface area contributed by atoms with Gasteiger partial charge >= 0.3 is 0 Å². The van der Waals surface area contributed by atoms with Crippen molar-refractivity contribution in [1.29, 1.82) is 0 Å². The molecule has 0 aliphatic rings. The maximum Gasteiger partial charge on any atom is 0.162 e. The lowest BCUT2D eigenvalue weighted by Crippen LogP contribution is -2.02. The highest BCUT2D eigenvalue weighted by molar-refractivity contribution is 7.25. The van der Waals surface area contributed by atoms with Crippen molar-refractivity contribution in [2.75, 3.05) is 0 Å². The summed E-state index contributed by atoms with van der Waals surface area (Å²) in [5.74, 6) is 1.47. The first kappa shape index (κ1) is 28.3. The van der Waals surface area contributed by atoms with E-state index in [2.05, 4.69) is 138 Å². The van der Waals surface area contributed by atoms with Gasteiger partial charge in [-0.05, 0) is 47.5 Å². The second-order valence-electron chi connectivity index (χ2n) is 13.0. The Morgan fingerprint density at radius 1 is 0.451 bits per heavy atom. The smallest absolute Gasteiger partial charge is 0.162 e. The van der Waals surface area contributed by atoms with E-state index in [1.54, 1.807) is 0 Å². The van der Waals surface area contributed by atoms with Crippen molar-refractivity contribution in [3.8, 4) is 39.6 Å². The van der Waals surface area contributed by atoms with Crippen molar-refractivity contribution < 1.29 is 4.42 Å². The van der Waals surface area contributed by atoms with Gasteiger partial charge in [0.1, 0.15) is 17.0 Å². The zero-order valence-electron chi connectivity index (χ0n) is 27.2. The van der Waals surface area contributed by atoms with Crippen molar-refractivity contribution in [2.45, 2.75) is 0 Å². The van der Waals surface area contributed by atoms with E-state index < -0.39 is 0 Å². The Labute approximate surface area is 296 Å². The van der Waals surface area contributed by atoms with Crippen LogP contribution in [0.5, 0.6) is 0 Å². The Morgan fingerprint density at radius 3 is 2.04 bits per heavy atom. The number of aromatic nitrogens is 3. The van der Waals surface area contributed by atoms with Gasteiger partial charge in [-0.2, -0.15) is 0 Å². The van der Waals surface area contributed by atoms with Gasteiger partial charge in [0.15, 0.2) is 5.82 Å². The summed E-state index contributed by atoms with van der Waals surface area (Å²) in [5.41, 5.74) is 9.06. The molecule has 11 rings (SSSR count). The largest absolute Gasteiger partial charge is 0.456 e. The van der Waals surface area contributed by atoms with Gasteiger partial charge in [0, 0.05) is 58.9 Å². The number of hydrogen-bond acceptors (Lipinski definition) is 4. The predicted octanol–water partition coefficient (Wildman–Crippen LogP) is 12.8. The van der Waals surface area contributed by atoms with Crippen molar-refractivity contribution in [3.63, 3.8) is 0 Å². The van der Waals surface area contributed by atoms with Gasteiger partial charge in [-0.3, -0.25) is 4.57 Å². The molecule has 4 nitrogen and oxygen atoms in total. The molecule has 4 aromatic heterocycles. The summed E-state index contributed by atoms with van der Waals surface area (Å²) in [4.78, 5) is 10.7. The second kappa shape index (κ2) is 11.0. The first-order chi connectivity index (χ1) is 25.3. The van der Waals surface area contributed by atoms with Crippen LogP contribution in [-0.4, -0.2) is 14.5 Å². The third-order valence-corrected chi connectivity index (χ3v) is 11.2. The van der Waals surface area contributed by atoms with Gasteiger partial charge in [-0.1, -0.05) is 121 Å². The molecule has 0 N–H and O–H groups in total. The minimum absolute atomic E-state index is 0.653. The zero-order chi connectivity index (χ0) is 33.5. The number of benzene rings is 7. The van der Waals surface area contributed by atoms with Gasteiger partial charge in [0.25, 0.3) is 0 Å². The number of furan rings is 1. The quantitative estimate of drug-likeness (QED) is 0.187. The summed E-state index contributed by atoms with van der Waals surface area (Å²) in [7, 11) is 0. The third-order valence-electron chi connectivity index (χ3n) is 10.0. The molecular formula is C46H27N3OS. The number of rotatable bonds is 4. The maximum atomic E-state index is 6.31. The lowest BCUT2D eigenvalue weighted by molar-refractivity contribution is 0.669. The van der Waals surface area contributed by atoms with Gasteiger partial charge in [-0.15, -0.1) is 11.3 Å². The molecule has 11 aromatic rings. The summed E-state index contributed by atoms with van der Waals surface area (Å²) in [6, 6.07) is 57.7. The molecule has 0 bridgehead atoms. The molecule has 0 amide bonds. The number of fused-ring (bicyclic) bond motifs is 9. The van der Waals surface area contributed by atoms with Crippen molar-refractivity contribution in [3.05, 3.63) is 164 Å². The molecule has 0 fully saturated rings. The second-order valence-corrected chi connectivity index (χ2v) is 14.1. The van der Waals surface area contributed by atoms with Crippen LogP contribution in [0.3, 0.4) is 0 Å². The highest BCUT2D eigenvalue weighted by Crippen LogP contribution is 2.42. The lowest BCUT2D eigenvalue weighted by atomic mass is 10.0. The zero-order valence-corrected chi connectivity index (χ0v) is 28.1. The molecule has 0 aliphatic carbocycles. The summed E-state index contributed by atoms with van der Waals surface area (Å²) in [6.07, 6.45) is 0. The van der Waals surface area contributed by atoms with Crippen LogP contribution in [0.2, 0.25) is 0 Å². The Bertz CT molecular complexity index is 3130. The standard InChI is InChI=1S/C46H27N3OS/c1-2-11-28(12-3-1)29-21-23-30(24-22-29)37-27-44(48-46(47-37)34-16-10-19-41-45(34)33-15-5-8-18-40(33)50-41)49-38-17-7-4-13-31(38)35-26-43-36(25-39(35)49)32-14-6-9-20-42(32)51-43/h1-27H. The molecule has 7 aromatic carbocycles. The first-order valence-corrected chi connectivity index (χ1v) is 17.9. The SMILES string of the molecule is c1ccc(-c2ccc(-c3cc(-n4c5ccccc5c5cc6sc7ccccc7c6cc54)nc(-c4cccc5oc6ccccc6c45)n3)cc2)cc1. The monoisotopic (exact) mass is 669 g/mol. The van der Waals surface area contributed by atoms with Crippen LogP contribution in [0.1, 0.15) is 0 Å². The van der Waals surface area contributed by atoms with E-state index in [0.29, 0.717) is 5.82 Å². The fraction of sp³-hybridized carbons (Fsp3) is 0. The molecule has 238 valence electrons. The van der Waals surface area contributed by atoms with Crippen LogP contribution in [0.15, 0.2) is 168 Å². The van der Waals surface area contributed by atoms with Crippen LogP contribution in [-0.2, 0) is 0 Å². The molecule has 0 aliphatic heterocycles. The van der Waals surface area contributed by atoms with Gasteiger partial charge in [-0.25, -0.2) is 9.97 Å². The summed E-state index contributed by atoms with van der Waals surface area (Å²) >= 11 is 1.85. The van der Waals surface area contributed by atoms with Crippen LogP contribution >= 0.6 is 11.3 Å². The van der Waals surface area contributed by atoms with Gasteiger partial charge in [0.2, 0.25) is 0 Å². The lowest BCUT2D eigenvalue weighted by Gasteiger charge is -2.13. The topological polar surface area (TPSA) is 43.9 Å². The Morgan fingerprint density at radius 2 is 1.16 bits per heavy atom. The minimum atomic E-state index is 0.653. The van der Waals surface area contributed by atoms with Crippen molar-refractivity contribution >= 4 is 75.3 Å². The van der Waals surface area contributed by atoms with Crippen LogP contribution in [0.4, 0.5) is 0 Å². The van der Waals surface area contributed by atoms with Crippen molar-refractivity contribution in [2.24, 2.45) is 0 Å². The molecule has 0 saturated carbocycles. The molecule has 51 heavy (non-hydrogen) atoms.